The maximum absolute atomic E-state index is 5.91. The van der Waals surface area contributed by atoms with Crippen molar-refractivity contribution in [1.82, 2.24) is 0 Å². The van der Waals surface area contributed by atoms with E-state index in [4.69, 9.17) is 34.8 Å². The van der Waals surface area contributed by atoms with Crippen LogP contribution >= 0.6 is 34.8 Å². The van der Waals surface area contributed by atoms with E-state index in [0.717, 1.165) is 5.56 Å². The monoisotopic (exact) mass is 283 g/mol. The van der Waals surface area contributed by atoms with E-state index in [0.29, 0.717) is 20.8 Å². The zero-order valence-electron chi connectivity index (χ0n) is 8.70. The second kappa shape index (κ2) is 5.54. The Kier molecular flexibility index (Phi) is 4.06. The number of nitrogens with zero attached hydrogens (tertiary/aromatic N) is 1. The number of hydrogen-bond acceptors (Lipinski definition) is 1. The smallest absolute Gasteiger partial charge is 0.0780 e. The Morgan fingerprint density at radius 3 is 2.06 bits per heavy atom. The van der Waals surface area contributed by atoms with E-state index in [1.165, 1.54) is 0 Å². The molecule has 0 spiro atoms. The van der Waals surface area contributed by atoms with E-state index >= 15 is 0 Å². The van der Waals surface area contributed by atoms with Gasteiger partial charge in [-0.25, -0.2) is 0 Å². The summed E-state index contributed by atoms with van der Waals surface area (Å²) in [7, 11) is 0. The first kappa shape index (κ1) is 12.4. The Labute approximate surface area is 115 Å². The van der Waals surface area contributed by atoms with Gasteiger partial charge in [0.25, 0.3) is 0 Å². The Hall–Kier alpha value is -1.02. The maximum Gasteiger partial charge on any atom is 0.0780 e. The van der Waals surface area contributed by atoms with Gasteiger partial charge in [0.2, 0.25) is 0 Å². The van der Waals surface area contributed by atoms with Crippen LogP contribution < -0.4 is 0 Å². The highest BCUT2D eigenvalue weighted by Crippen LogP contribution is 2.34. The summed E-state index contributed by atoms with van der Waals surface area (Å²) in [6, 6.07) is 13.1. The van der Waals surface area contributed by atoms with Crippen molar-refractivity contribution in [2.75, 3.05) is 0 Å². The van der Waals surface area contributed by atoms with Gasteiger partial charge >= 0.3 is 0 Å². The van der Waals surface area contributed by atoms with E-state index < -0.39 is 0 Å². The number of halogens is 3. The molecule has 0 aromatic heterocycles. The summed E-state index contributed by atoms with van der Waals surface area (Å²) in [6.45, 7) is 0. The van der Waals surface area contributed by atoms with E-state index in [9.17, 15) is 0 Å². The van der Waals surface area contributed by atoms with Gasteiger partial charge in [0.05, 0.1) is 20.8 Å². The third-order valence-corrected chi connectivity index (χ3v) is 3.33. The van der Waals surface area contributed by atoms with E-state index in [1.54, 1.807) is 18.3 Å². The Bertz CT molecular complexity index is 527. The lowest BCUT2D eigenvalue weighted by atomic mass is 10.2. The van der Waals surface area contributed by atoms with Crippen LogP contribution in [0.4, 0.5) is 5.69 Å². The standard InChI is InChI=1S/C13H8Cl3N/c14-11-6-10(7-12(15)13(11)16)17-8-9-4-2-1-3-5-9/h1-8H. The van der Waals surface area contributed by atoms with E-state index in [2.05, 4.69) is 4.99 Å². The molecule has 0 aliphatic carbocycles. The molecule has 0 unspecified atom stereocenters. The first-order valence-electron chi connectivity index (χ1n) is 4.90. The van der Waals surface area contributed by atoms with Crippen LogP contribution in [-0.2, 0) is 0 Å². The van der Waals surface area contributed by atoms with Gasteiger partial charge in [-0.05, 0) is 17.7 Å². The summed E-state index contributed by atoms with van der Waals surface area (Å²) in [5.74, 6) is 0. The number of benzene rings is 2. The molecule has 0 heterocycles. The van der Waals surface area contributed by atoms with Gasteiger partial charge in [-0.15, -0.1) is 0 Å². The SMILES string of the molecule is Clc1cc(N=Cc2ccccc2)cc(Cl)c1Cl. The Morgan fingerprint density at radius 2 is 1.47 bits per heavy atom. The minimum absolute atomic E-state index is 0.354. The topological polar surface area (TPSA) is 12.4 Å². The minimum atomic E-state index is 0.354. The lowest BCUT2D eigenvalue weighted by Gasteiger charge is -2.00. The molecule has 0 radical (unpaired) electrons. The average molecular weight is 285 g/mol. The molecule has 4 heteroatoms. The molecular weight excluding hydrogens is 277 g/mol. The molecule has 2 rings (SSSR count). The molecule has 0 aliphatic rings. The molecule has 1 nitrogen and oxygen atoms in total. The Morgan fingerprint density at radius 1 is 0.882 bits per heavy atom. The highest BCUT2D eigenvalue weighted by molar-refractivity contribution is 6.48. The maximum atomic E-state index is 5.91. The molecule has 0 fully saturated rings. The first-order chi connectivity index (χ1) is 8.16. The van der Waals surface area contributed by atoms with Crippen LogP contribution in [0.1, 0.15) is 5.56 Å². The fourth-order valence-corrected chi connectivity index (χ4v) is 1.89. The molecule has 17 heavy (non-hydrogen) atoms. The summed E-state index contributed by atoms with van der Waals surface area (Å²) in [5, 5.41) is 1.16. The van der Waals surface area contributed by atoms with Gasteiger partial charge in [-0.1, -0.05) is 65.1 Å². The van der Waals surface area contributed by atoms with E-state index in [1.807, 2.05) is 30.3 Å². The average Bonchev–Trinajstić information content (AvgIpc) is 2.34. The highest BCUT2D eigenvalue weighted by Gasteiger charge is 2.04. The third-order valence-electron chi connectivity index (χ3n) is 2.13. The molecule has 86 valence electrons. The number of aliphatic imine (C=N–C) groups is 1. The summed E-state index contributed by atoms with van der Waals surface area (Å²) < 4.78 is 0. The quantitative estimate of drug-likeness (QED) is 0.517. The summed E-state index contributed by atoms with van der Waals surface area (Å²) in [6.07, 6.45) is 1.75. The van der Waals surface area contributed by atoms with Gasteiger partial charge in [0.1, 0.15) is 0 Å². The predicted octanol–water partition coefficient (Wildman–Crippen LogP) is 5.40. The van der Waals surface area contributed by atoms with Crippen molar-refractivity contribution in [3.63, 3.8) is 0 Å². The number of hydrogen-bond donors (Lipinski definition) is 0. The van der Waals surface area contributed by atoms with Crippen LogP contribution in [0.25, 0.3) is 0 Å². The number of rotatable bonds is 2. The van der Waals surface area contributed by atoms with Crippen molar-refractivity contribution in [1.29, 1.82) is 0 Å². The molecule has 0 aliphatic heterocycles. The molecule has 0 N–H and O–H groups in total. The predicted molar refractivity (Wildman–Crippen MR) is 75.2 cm³/mol. The first-order valence-corrected chi connectivity index (χ1v) is 6.04. The van der Waals surface area contributed by atoms with Crippen LogP contribution in [0, 0.1) is 0 Å². The van der Waals surface area contributed by atoms with Crippen molar-refractivity contribution < 1.29 is 0 Å². The van der Waals surface area contributed by atoms with Gasteiger partial charge in [0.15, 0.2) is 0 Å². The van der Waals surface area contributed by atoms with Crippen LogP contribution in [0.2, 0.25) is 15.1 Å². The highest BCUT2D eigenvalue weighted by atomic mass is 35.5. The largest absolute Gasteiger partial charge is 0.256 e. The fraction of sp³-hybridized carbons (Fsp3) is 0. The van der Waals surface area contributed by atoms with Crippen molar-refractivity contribution >= 4 is 46.7 Å². The van der Waals surface area contributed by atoms with Crippen molar-refractivity contribution in [3.8, 4) is 0 Å². The second-order valence-corrected chi connectivity index (χ2v) is 4.58. The zero-order chi connectivity index (χ0) is 12.3. The van der Waals surface area contributed by atoms with Gasteiger partial charge in [0, 0.05) is 6.21 Å². The van der Waals surface area contributed by atoms with Crippen LogP contribution in [0.15, 0.2) is 47.5 Å². The third kappa shape index (κ3) is 3.22. The van der Waals surface area contributed by atoms with Crippen LogP contribution in [0.5, 0.6) is 0 Å². The summed E-state index contributed by atoms with van der Waals surface area (Å²) in [5.41, 5.74) is 1.68. The summed E-state index contributed by atoms with van der Waals surface area (Å²) in [4.78, 5) is 4.29. The normalized spacial score (nSPS) is 11.0. The molecular formula is C13H8Cl3N. The molecule has 0 atom stereocenters. The molecule has 2 aromatic rings. The zero-order valence-corrected chi connectivity index (χ0v) is 11.0. The lowest BCUT2D eigenvalue weighted by molar-refractivity contribution is 1.52. The Balaban J connectivity index is 2.28. The van der Waals surface area contributed by atoms with Crippen LogP contribution in [-0.4, -0.2) is 6.21 Å². The molecule has 0 bridgehead atoms. The molecule has 0 amide bonds. The fourth-order valence-electron chi connectivity index (χ4n) is 1.30. The molecule has 2 aromatic carbocycles. The molecule has 0 saturated carbocycles. The lowest BCUT2D eigenvalue weighted by Crippen LogP contribution is -1.79. The minimum Gasteiger partial charge on any atom is -0.256 e. The van der Waals surface area contributed by atoms with Gasteiger partial charge in [-0.3, -0.25) is 4.99 Å². The van der Waals surface area contributed by atoms with Crippen LogP contribution in [0.3, 0.4) is 0 Å². The summed E-state index contributed by atoms with van der Waals surface area (Å²) >= 11 is 17.7. The van der Waals surface area contributed by atoms with Gasteiger partial charge in [-0.2, -0.15) is 0 Å². The molecule has 0 saturated heterocycles. The van der Waals surface area contributed by atoms with Crippen molar-refractivity contribution in [2.45, 2.75) is 0 Å². The second-order valence-electron chi connectivity index (χ2n) is 3.39. The van der Waals surface area contributed by atoms with E-state index in [-0.39, 0.29) is 0 Å². The van der Waals surface area contributed by atoms with Crippen molar-refractivity contribution in [3.05, 3.63) is 63.1 Å². The van der Waals surface area contributed by atoms with Crippen molar-refractivity contribution in [2.24, 2.45) is 4.99 Å². The van der Waals surface area contributed by atoms with Gasteiger partial charge < -0.3 is 0 Å².